The SMILES string of the molecule is CC(C)(CCN)CCC(=O)Nc1cc(Br)cnc1Cl. The van der Waals surface area contributed by atoms with Gasteiger partial charge in [-0.3, -0.25) is 4.79 Å². The van der Waals surface area contributed by atoms with Crippen LogP contribution in [-0.2, 0) is 4.79 Å². The molecule has 0 fully saturated rings. The molecule has 0 aliphatic heterocycles. The topological polar surface area (TPSA) is 68.0 Å². The number of amides is 1. The number of aromatic nitrogens is 1. The van der Waals surface area contributed by atoms with Crippen LogP contribution in [0, 0.1) is 5.41 Å². The zero-order chi connectivity index (χ0) is 14.5. The molecule has 19 heavy (non-hydrogen) atoms. The Morgan fingerprint density at radius 1 is 1.53 bits per heavy atom. The van der Waals surface area contributed by atoms with E-state index in [1.807, 2.05) is 0 Å². The van der Waals surface area contributed by atoms with Crippen molar-refractivity contribution in [1.29, 1.82) is 0 Å². The summed E-state index contributed by atoms with van der Waals surface area (Å²) < 4.78 is 0.774. The van der Waals surface area contributed by atoms with Crippen molar-refractivity contribution in [2.45, 2.75) is 33.1 Å². The van der Waals surface area contributed by atoms with Gasteiger partial charge in [0.25, 0.3) is 0 Å². The van der Waals surface area contributed by atoms with Gasteiger partial charge in [-0.2, -0.15) is 0 Å². The third kappa shape index (κ3) is 5.89. The van der Waals surface area contributed by atoms with Gasteiger partial charge >= 0.3 is 0 Å². The third-order valence-corrected chi connectivity index (χ3v) is 3.66. The lowest BCUT2D eigenvalue weighted by Crippen LogP contribution is -2.20. The second-order valence-electron chi connectivity index (χ2n) is 5.24. The minimum Gasteiger partial charge on any atom is -0.330 e. The van der Waals surface area contributed by atoms with E-state index in [1.165, 1.54) is 0 Å². The molecule has 106 valence electrons. The monoisotopic (exact) mass is 347 g/mol. The number of hydrogen-bond donors (Lipinski definition) is 2. The van der Waals surface area contributed by atoms with Crippen LogP contribution in [0.5, 0.6) is 0 Å². The molecule has 1 heterocycles. The highest BCUT2D eigenvalue weighted by molar-refractivity contribution is 9.10. The van der Waals surface area contributed by atoms with E-state index in [-0.39, 0.29) is 16.5 Å². The second kappa shape index (κ2) is 7.22. The van der Waals surface area contributed by atoms with Crippen molar-refractivity contribution in [2.24, 2.45) is 11.1 Å². The second-order valence-corrected chi connectivity index (χ2v) is 6.52. The minimum atomic E-state index is -0.0631. The van der Waals surface area contributed by atoms with Crippen molar-refractivity contribution in [3.8, 4) is 0 Å². The van der Waals surface area contributed by atoms with E-state index >= 15 is 0 Å². The van der Waals surface area contributed by atoms with E-state index in [9.17, 15) is 4.79 Å². The molecular weight excluding hydrogens is 330 g/mol. The summed E-state index contributed by atoms with van der Waals surface area (Å²) in [5, 5.41) is 3.06. The summed E-state index contributed by atoms with van der Waals surface area (Å²) in [5.74, 6) is -0.0631. The molecule has 0 atom stereocenters. The molecule has 0 bridgehead atoms. The van der Waals surface area contributed by atoms with E-state index in [0.29, 0.717) is 18.7 Å². The van der Waals surface area contributed by atoms with Gasteiger partial charge in [0.1, 0.15) is 0 Å². The molecule has 0 unspecified atom stereocenters. The maximum atomic E-state index is 11.9. The predicted molar refractivity (Wildman–Crippen MR) is 82.3 cm³/mol. The largest absolute Gasteiger partial charge is 0.330 e. The molecule has 4 nitrogen and oxygen atoms in total. The lowest BCUT2D eigenvalue weighted by molar-refractivity contribution is -0.116. The molecule has 0 radical (unpaired) electrons. The Morgan fingerprint density at radius 2 is 2.21 bits per heavy atom. The fourth-order valence-electron chi connectivity index (χ4n) is 1.69. The van der Waals surface area contributed by atoms with Gasteiger partial charge in [0.2, 0.25) is 5.91 Å². The quantitative estimate of drug-likeness (QED) is 0.772. The molecule has 6 heteroatoms. The van der Waals surface area contributed by atoms with E-state index < -0.39 is 0 Å². The Balaban J connectivity index is 2.54. The Hall–Kier alpha value is -0.650. The van der Waals surface area contributed by atoms with Crippen molar-refractivity contribution in [1.82, 2.24) is 4.98 Å². The number of carbonyl (C=O) groups excluding carboxylic acids is 1. The number of halogens is 2. The van der Waals surface area contributed by atoms with Gasteiger partial charge in [-0.15, -0.1) is 0 Å². The van der Waals surface area contributed by atoms with Crippen LogP contribution in [0.15, 0.2) is 16.7 Å². The molecule has 0 aliphatic carbocycles. The molecule has 0 aliphatic rings. The maximum Gasteiger partial charge on any atom is 0.224 e. The van der Waals surface area contributed by atoms with Gasteiger partial charge < -0.3 is 11.1 Å². The molecule has 0 spiro atoms. The number of nitrogens with two attached hydrogens (primary N) is 1. The minimum absolute atomic E-state index is 0.0631. The predicted octanol–water partition coefficient (Wildman–Crippen LogP) is 3.59. The van der Waals surface area contributed by atoms with Crippen LogP contribution >= 0.6 is 27.5 Å². The average Bonchev–Trinajstić information content (AvgIpc) is 2.31. The van der Waals surface area contributed by atoms with E-state index in [2.05, 4.69) is 40.1 Å². The first kappa shape index (κ1) is 16.4. The highest BCUT2D eigenvalue weighted by Crippen LogP contribution is 2.27. The van der Waals surface area contributed by atoms with Crippen molar-refractivity contribution >= 4 is 39.1 Å². The lowest BCUT2D eigenvalue weighted by Gasteiger charge is -2.23. The number of anilines is 1. The summed E-state index contributed by atoms with van der Waals surface area (Å²) in [6.07, 6.45) is 3.72. The number of carbonyl (C=O) groups is 1. The zero-order valence-electron chi connectivity index (χ0n) is 11.2. The van der Waals surface area contributed by atoms with Crippen LogP contribution in [0.2, 0.25) is 5.15 Å². The standard InChI is InChI=1S/C13H19BrClN3O/c1-13(2,5-6-16)4-3-11(19)18-10-7-9(14)8-17-12(10)15/h7-8H,3-6,16H2,1-2H3,(H,18,19). The normalized spacial score (nSPS) is 11.4. The zero-order valence-corrected chi connectivity index (χ0v) is 13.5. The number of pyridine rings is 1. The Bertz CT molecular complexity index is 452. The summed E-state index contributed by atoms with van der Waals surface area (Å²) >= 11 is 9.21. The van der Waals surface area contributed by atoms with Crippen molar-refractivity contribution in [3.63, 3.8) is 0 Å². The first-order chi connectivity index (χ1) is 8.84. The maximum absolute atomic E-state index is 11.9. The highest BCUT2D eigenvalue weighted by atomic mass is 79.9. The first-order valence-corrected chi connectivity index (χ1v) is 7.32. The number of rotatable bonds is 6. The van der Waals surface area contributed by atoms with Crippen LogP contribution < -0.4 is 11.1 Å². The van der Waals surface area contributed by atoms with Crippen LogP contribution in [0.25, 0.3) is 0 Å². The molecular formula is C13H19BrClN3O. The van der Waals surface area contributed by atoms with Crippen LogP contribution in [0.1, 0.15) is 33.1 Å². The van der Waals surface area contributed by atoms with Gasteiger partial charge in [-0.05, 0) is 46.8 Å². The highest BCUT2D eigenvalue weighted by Gasteiger charge is 2.18. The Kier molecular flexibility index (Phi) is 6.23. The van der Waals surface area contributed by atoms with Crippen LogP contribution in [0.3, 0.4) is 0 Å². The number of nitrogens with one attached hydrogen (secondary N) is 1. The molecule has 1 aromatic heterocycles. The molecule has 1 aromatic rings. The summed E-state index contributed by atoms with van der Waals surface area (Å²) in [5.41, 5.74) is 6.15. The van der Waals surface area contributed by atoms with Crippen LogP contribution in [0.4, 0.5) is 5.69 Å². The summed E-state index contributed by atoms with van der Waals surface area (Å²) in [6.45, 7) is 4.86. The van der Waals surface area contributed by atoms with Crippen molar-refractivity contribution in [2.75, 3.05) is 11.9 Å². The van der Waals surface area contributed by atoms with Crippen molar-refractivity contribution in [3.05, 3.63) is 21.9 Å². The lowest BCUT2D eigenvalue weighted by atomic mass is 9.84. The Labute approximate surface area is 127 Å². The van der Waals surface area contributed by atoms with Gasteiger partial charge in [-0.25, -0.2) is 4.98 Å². The molecule has 0 saturated heterocycles. The summed E-state index contributed by atoms with van der Waals surface area (Å²) in [7, 11) is 0. The average molecular weight is 349 g/mol. The molecule has 0 aromatic carbocycles. The fourth-order valence-corrected chi connectivity index (χ4v) is 2.17. The molecule has 3 N–H and O–H groups in total. The van der Waals surface area contributed by atoms with E-state index in [1.54, 1.807) is 12.3 Å². The van der Waals surface area contributed by atoms with E-state index in [4.69, 9.17) is 17.3 Å². The molecule has 1 rings (SSSR count). The Morgan fingerprint density at radius 3 is 2.84 bits per heavy atom. The molecule has 0 saturated carbocycles. The van der Waals surface area contributed by atoms with Gasteiger partial charge in [0, 0.05) is 17.1 Å². The summed E-state index contributed by atoms with van der Waals surface area (Å²) in [6, 6.07) is 1.73. The van der Waals surface area contributed by atoms with Gasteiger partial charge in [-0.1, -0.05) is 25.4 Å². The first-order valence-electron chi connectivity index (χ1n) is 6.15. The van der Waals surface area contributed by atoms with Gasteiger partial charge in [0.15, 0.2) is 5.15 Å². The van der Waals surface area contributed by atoms with E-state index in [0.717, 1.165) is 17.3 Å². The number of nitrogens with zero attached hydrogens (tertiary/aromatic N) is 1. The third-order valence-electron chi connectivity index (χ3n) is 2.93. The van der Waals surface area contributed by atoms with Crippen LogP contribution in [-0.4, -0.2) is 17.4 Å². The summed E-state index contributed by atoms with van der Waals surface area (Å²) in [4.78, 5) is 15.8. The van der Waals surface area contributed by atoms with Crippen molar-refractivity contribution < 1.29 is 4.79 Å². The number of hydrogen-bond acceptors (Lipinski definition) is 3. The molecule has 1 amide bonds. The smallest absolute Gasteiger partial charge is 0.224 e. The van der Waals surface area contributed by atoms with Gasteiger partial charge in [0.05, 0.1) is 5.69 Å². The fraction of sp³-hybridized carbons (Fsp3) is 0.538.